The van der Waals surface area contributed by atoms with E-state index in [2.05, 4.69) is 61.5 Å². The number of amides is 4. The summed E-state index contributed by atoms with van der Waals surface area (Å²) < 4.78 is 35.6. The molecule has 0 unspecified atom stereocenters. The predicted molar refractivity (Wildman–Crippen MR) is 330 cm³/mol. The third-order valence-corrected chi connectivity index (χ3v) is 15.4. The molecule has 3 heterocycles. The van der Waals surface area contributed by atoms with Crippen LogP contribution in [0.2, 0.25) is 0 Å². The first kappa shape index (κ1) is 63.1. The van der Waals surface area contributed by atoms with Crippen LogP contribution in [0.3, 0.4) is 0 Å². The van der Waals surface area contributed by atoms with E-state index >= 15 is 0 Å². The van der Waals surface area contributed by atoms with Gasteiger partial charge in [-0.1, -0.05) is 53.5 Å². The molecule has 7 rings (SSSR count). The van der Waals surface area contributed by atoms with Gasteiger partial charge in [0.15, 0.2) is 16.7 Å². The fraction of sp³-hybridized carbons (Fsp3) is 0.218. The van der Waals surface area contributed by atoms with Crippen LogP contribution in [0.5, 0.6) is 0 Å². The van der Waals surface area contributed by atoms with Crippen molar-refractivity contribution in [2.75, 3.05) is 63.0 Å². The van der Waals surface area contributed by atoms with E-state index in [0.717, 1.165) is 35.7 Å². The summed E-state index contributed by atoms with van der Waals surface area (Å²) in [6.07, 6.45) is 3.79. The predicted octanol–water partition coefficient (Wildman–Crippen LogP) is 10.6. The monoisotopic (exact) mass is 1230 g/mol. The summed E-state index contributed by atoms with van der Waals surface area (Å²) in [5, 5.41) is 28.7. The molecule has 0 spiro atoms. The average molecular weight is 1230 g/mol. The molecule has 0 atom stereocenters. The third kappa shape index (κ3) is 16.8. The number of Topliss-reactive ketones (excluding diaryl/α,β-unsaturated/α-hetero) is 2. The first-order chi connectivity index (χ1) is 40.6. The molecular formula is C55H57N17O9S4. The SMILES string of the molecule is CCSc1nc(Nc2cc(N(CC)CC)ccc2N=Nc2ncc(C=C(C(C)=O)C(=O)Nc3cccc(C(N)=O)c3)s2)nc(Nc2cc(N(CC)CC)ccc2N=Nc2nc(S(=O)(=O)O)c(C=C(C(C)=O)C(=O)Nc3cccc(C(N)=O)c3)s2)n1. The van der Waals surface area contributed by atoms with Gasteiger partial charge >= 0.3 is 10.1 Å². The van der Waals surface area contributed by atoms with Crippen molar-refractivity contribution in [2.45, 2.75) is 58.6 Å². The molecule has 0 fully saturated rings. The highest BCUT2D eigenvalue weighted by Gasteiger charge is 2.25. The van der Waals surface area contributed by atoms with E-state index in [1.54, 1.807) is 30.3 Å². The van der Waals surface area contributed by atoms with Crippen LogP contribution in [0, 0.1) is 0 Å². The van der Waals surface area contributed by atoms with Gasteiger partial charge in [-0.05, 0) is 132 Å². The Kier molecular flexibility index (Phi) is 21.3. The van der Waals surface area contributed by atoms with Gasteiger partial charge in [0.05, 0.1) is 32.3 Å². The number of anilines is 8. The molecule has 0 bridgehead atoms. The first-order valence-electron chi connectivity index (χ1n) is 26.0. The zero-order valence-electron chi connectivity index (χ0n) is 46.8. The number of rotatable bonds is 27. The topological polar surface area (TPSA) is 377 Å². The minimum absolute atomic E-state index is 0.0811. The number of carbonyl (C=O) groups excluding carboxylic acids is 6. The summed E-state index contributed by atoms with van der Waals surface area (Å²) in [5.74, 6) is -3.60. The second-order valence-corrected chi connectivity index (χ2v) is 22.4. The van der Waals surface area contributed by atoms with Crippen LogP contribution in [-0.4, -0.2) is 105 Å². The number of nitrogens with zero attached hydrogens (tertiary/aromatic N) is 11. The number of nitrogens with two attached hydrogens (primary N) is 2. The highest BCUT2D eigenvalue weighted by Crippen LogP contribution is 2.38. The van der Waals surface area contributed by atoms with Crippen LogP contribution >= 0.6 is 34.4 Å². The van der Waals surface area contributed by atoms with Crippen molar-refractivity contribution in [2.24, 2.45) is 31.9 Å². The van der Waals surface area contributed by atoms with Crippen molar-refractivity contribution >= 4 is 160 Å². The summed E-state index contributed by atoms with van der Waals surface area (Å²) in [5.41, 5.74) is 13.8. The number of azo groups is 2. The average Bonchev–Trinajstić information content (AvgIpc) is 2.70. The Balaban J connectivity index is 1.21. The van der Waals surface area contributed by atoms with Gasteiger partial charge in [-0.2, -0.15) is 23.4 Å². The fourth-order valence-electron chi connectivity index (χ4n) is 7.93. The fourth-order valence-corrected chi connectivity index (χ4v) is 10.9. The number of benzene rings is 4. The first-order valence-corrected chi connectivity index (χ1v) is 30.0. The Morgan fingerprint density at radius 1 is 0.624 bits per heavy atom. The van der Waals surface area contributed by atoms with Gasteiger partial charge in [-0.25, -0.2) is 9.97 Å². The lowest BCUT2D eigenvalue weighted by atomic mass is 10.1. The van der Waals surface area contributed by atoms with Gasteiger partial charge in [0.25, 0.3) is 11.8 Å². The molecule has 0 saturated carbocycles. The van der Waals surface area contributed by atoms with Gasteiger partial charge in [0.1, 0.15) is 11.4 Å². The molecule has 26 nitrogen and oxygen atoms in total. The van der Waals surface area contributed by atoms with E-state index in [-0.39, 0.29) is 60.8 Å². The van der Waals surface area contributed by atoms with Gasteiger partial charge in [-0.15, -0.1) is 20.5 Å². The highest BCUT2D eigenvalue weighted by molar-refractivity contribution is 7.99. The van der Waals surface area contributed by atoms with Crippen molar-refractivity contribution in [1.82, 2.24) is 24.9 Å². The Morgan fingerprint density at radius 2 is 1.11 bits per heavy atom. The van der Waals surface area contributed by atoms with Crippen molar-refractivity contribution in [3.8, 4) is 0 Å². The number of nitrogens with one attached hydrogen (secondary N) is 4. The molecule has 0 saturated heterocycles. The molecule has 3 aromatic heterocycles. The molecule has 7 aromatic rings. The van der Waals surface area contributed by atoms with Crippen molar-refractivity contribution < 1.29 is 41.7 Å². The second kappa shape index (κ2) is 28.7. The molecule has 30 heteroatoms. The Labute approximate surface area is 500 Å². The van der Waals surface area contributed by atoms with E-state index in [4.69, 9.17) is 26.4 Å². The summed E-state index contributed by atoms with van der Waals surface area (Å²) >= 11 is 3.04. The van der Waals surface area contributed by atoms with Gasteiger partial charge in [0, 0.05) is 66.3 Å². The molecule has 4 aromatic carbocycles. The third-order valence-electron chi connectivity index (χ3n) is 12.1. The van der Waals surface area contributed by atoms with Crippen LogP contribution < -0.4 is 42.5 Å². The van der Waals surface area contributed by atoms with Crippen LogP contribution in [0.15, 0.2) is 133 Å². The van der Waals surface area contributed by atoms with E-state index in [0.29, 0.717) is 70.4 Å². The number of primary amides is 2. The Morgan fingerprint density at radius 3 is 1.55 bits per heavy atom. The molecule has 85 heavy (non-hydrogen) atoms. The van der Waals surface area contributed by atoms with Crippen LogP contribution in [0.25, 0.3) is 12.2 Å². The van der Waals surface area contributed by atoms with Crippen LogP contribution in [0.1, 0.15) is 78.9 Å². The van der Waals surface area contributed by atoms with E-state index in [9.17, 15) is 41.7 Å². The molecule has 440 valence electrons. The summed E-state index contributed by atoms with van der Waals surface area (Å²) in [6, 6.07) is 22.5. The second-order valence-electron chi connectivity index (χ2n) is 17.8. The molecule has 0 aliphatic carbocycles. The zero-order chi connectivity index (χ0) is 61.5. The smallest absolute Gasteiger partial charge is 0.313 e. The van der Waals surface area contributed by atoms with Gasteiger partial charge in [-0.3, -0.25) is 33.3 Å². The lowest BCUT2D eigenvalue weighted by Gasteiger charge is -2.22. The minimum Gasteiger partial charge on any atom is -0.372 e. The lowest BCUT2D eigenvalue weighted by Crippen LogP contribution is -2.21. The Hall–Kier alpha value is -9.49. The number of thioether (sulfide) groups is 1. The summed E-state index contributed by atoms with van der Waals surface area (Å²) in [7, 11) is -5.06. The molecule has 4 amide bonds. The number of aromatic nitrogens is 5. The van der Waals surface area contributed by atoms with Crippen molar-refractivity contribution in [3.63, 3.8) is 0 Å². The zero-order valence-corrected chi connectivity index (χ0v) is 50.0. The standard InChI is InChI=1S/C55H57N17O9S4/c1-8-71(9-2)36-19-21-41(67-69-53-58-29-38(83-53)27-39(30(6)73)48(77)59-34-17-13-15-32(23-34)46(56)75)43(25-36)61-51-64-52(66-54(65-51)82-12-5)62-44-26-37(72(10-3)11-4)20-22-42(44)68-70-55-63-50(85(79,80)81)45(84-55)28-40(31(7)74)49(78)60-35-18-14-16-33(24-35)47(57)76/h13-29H,8-12H2,1-7H3,(H2,56,75)(H2,57,76)(H,59,77)(H,60,78)(H,79,80,81)(H2,61,62,64,65,66). The maximum absolute atomic E-state index is 13.4. The van der Waals surface area contributed by atoms with Gasteiger partial charge < -0.3 is 42.5 Å². The quantitative estimate of drug-likeness (QED) is 0.00628. The van der Waals surface area contributed by atoms with Crippen LogP contribution in [0.4, 0.5) is 67.7 Å². The molecule has 0 aliphatic rings. The lowest BCUT2D eigenvalue weighted by molar-refractivity contribution is -0.120. The number of hydrogen-bond acceptors (Lipinski definition) is 24. The normalized spacial score (nSPS) is 11.9. The minimum atomic E-state index is -5.06. The molecular weight excluding hydrogens is 1170 g/mol. The summed E-state index contributed by atoms with van der Waals surface area (Å²) in [4.78, 5) is 103. The highest BCUT2D eigenvalue weighted by atomic mass is 32.2. The number of carbonyl (C=O) groups is 6. The maximum atomic E-state index is 13.4. The largest absolute Gasteiger partial charge is 0.372 e. The summed E-state index contributed by atoms with van der Waals surface area (Å²) in [6.45, 7) is 15.0. The molecule has 0 aliphatic heterocycles. The number of ketones is 2. The number of thiazole rings is 2. The van der Waals surface area contributed by atoms with Crippen molar-refractivity contribution in [1.29, 1.82) is 0 Å². The molecule has 0 radical (unpaired) electrons. The van der Waals surface area contributed by atoms with Crippen LogP contribution in [-0.2, 0) is 29.3 Å². The van der Waals surface area contributed by atoms with Gasteiger partial charge in [0.2, 0.25) is 39.0 Å². The van der Waals surface area contributed by atoms with E-state index in [1.165, 1.54) is 67.4 Å². The van der Waals surface area contributed by atoms with E-state index in [1.807, 2.05) is 52.8 Å². The van der Waals surface area contributed by atoms with E-state index < -0.39 is 55.9 Å². The maximum Gasteiger partial charge on any atom is 0.313 e. The Bertz CT molecular complexity index is 3950. The van der Waals surface area contributed by atoms with Crippen molar-refractivity contribution in [3.05, 3.63) is 123 Å². The molecule has 9 N–H and O–H groups in total. The number of hydrogen-bond donors (Lipinski definition) is 7.